The molecule has 13 heavy (non-hydrogen) atoms. The van der Waals surface area contributed by atoms with E-state index in [1.165, 1.54) is 19.4 Å². The molecule has 1 rings (SSSR count). The number of carbonyl (C=O) groups excluding carboxylic acids is 1. The molecule has 0 atom stereocenters. The molecule has 0 saturated carbocycles. The Morgan fingerprint density at radius 1 is 1.62 bits per heavy atom. The van der Waals surface area contributed by atoms with Crippen molar-refractivity contribution in [2.75, 3.05) is 7.05 Å². The number of rotatable bonds is 2. The van der Waals surface area contributed by atoms with Gasteiger partial charge in [-0.1, -0.05) is 0 Å². The predicted octanol–water partition coefficient (Wildman–Crippen LogP) is 0.986. The summed E-state index contributed by atoms with van der Waals surface area (Å²) in [5.74, 6) is 0. The molecular weight excluding hydrogens is 194 g/mol. The fourth-order valence-corrected chi connectivity index (χ4v) is 0.732. The van der Waals surface area contributed by atoms with Crippen LogP contribution in [0.4, 0.5) is 4.79 Å². The third kappa shape index (κ3) is 3.25. The van der Waals surface area contributed by atoms with Crippen molar-refractivity contribution in [3.05, 3.63) is 23.2 Å². The first-order chi connectivity index (χ1) is 6.22. The van der Waals surface area contributed by atoms with Crippen LogP contribution in [0.15, 0.2) is 12.4 Å². The number of nitrogens with zero attached hydrogens (tertiary/aromatic N) is 2. The smallest absolute Gasteiger partial charge is 0.407 e. The summed E-state index contributed by atoms with van der Waals surface area (Å²) in [6, 6.07) is 0. The Hall–Kier alpha value is -1.36. The molecule has 0 radical (unpaired) electrons. The van der Waals surface area contributed by atoms with E-state index in [0.717, 1.165) is 0 Å². The van der Waals surface area contributed by atoms with Gasteiger partial charge in [0.15, 0.2) is 0 Å². The molecule has 0 aliphatic heterocycles. The van der Waals surface area contributed by atoms with Crippen LogP contribution in [0.25, 0.3) is 0 Å². The number of nitrogens with one attached hydrogen (secondary N) is 1. The molecule has 0 saturated heterocycles. The summed E-state index contributed by atoms with van der Waals surface area (Å²) < 4.78 is 4.74. The molecule has 6 heteroatoms. The number of amides is 1. The second-order valence-corrected chi connectivity index (χ2v) is 2.52. The maximum atomic E-state index is 10.7. The molecule has 0 aliphatic rings. The highest BCUT2D eigenvalue weighted by Crippen LogP contribution is 2.01. The molecule has 1 aromatic rings. The maximum absolute atomic E-state index is 10.7. The minimum absolute atomic E-state index is 0.136. The summed E-state index contributed by atoms with van der Waals surface area (Å²) in [6.07, 6.45) is 2.51. The van der Waals surface area contributed by atoms with Gasteiger partial charge in [-0.3, -0.25) is 0 Å². The Morgan fingerprint density at radius 2 is 2.23 bits per heavy atom. The first-order valence-electron chi connectivity index (χ1n) is 3.53. The Kier molecular flexibility index (Phi) is 3.45. The molecule has 0 spiro atoms. The van der Waals surface area contributed by atoms with Crippen LogP contribution in [0.1, 0.15) is 5.56 Å². The van der Waals surface area contributed by atoms with Crippen LogP contribution in [0, 0.1) is 0 Å². The van der Waals surface area contributed by atoms with Gasteiger partial charge in [0, 0.05) is 25.0 Å². The number of ether oxygens (including phenoxy) is 1. The summed E-state index contributed by atoms with van der Waals surface area (Å²) in [5.41, 5.74) is 0.688. The summed E-state index contributed by atoms with van der Waals surface area (Å²) in [7, 11) is 1.49. The molecule has 1 aromatic heterocycles. The summed E-state index contributed by atoms with van der Waals surface area (Å²) in [4.78, 5) is 18.1. The molecule has 1 N–H and O–H groups in total. The number of hydrogen-bond acceptors (Lipinski definition) is 4. The Balaban J connectivity index is 2.46. The van der Waals surface area contributed by atoms with E-state index in [9.17, 15) is 4.79 Å². The standard InChI is InChI=1S/C7H8ClN3O2/c1-9-7(12)13-4-5-2-10-6(8)11-3-5/h2-3H,4H2,1H3,(H,9,12). The zero-order valence-electron chi connectivity index (χ0n) is 6.95. The number of halogens is 1. The van der Waals surface area contributed by atoms with E-state index in [2.05, 4.69) is 15.3 Å². The van der Waals surface area contributed by atoms with Crippen molar-refractivity contribution < 1.29 is 9.53 Å². The second-order valence-electron chi connectivity index (χ2n) is 2.19. The highest BCUT2D eigenvalue weighted by atomic mass is 35.5. The quantitative estimate of drug-likeness (QED) is 0.725. The van der Waals surface area contributed by atoms with Gasteiger partial charge in [0.1, 0.15) is 6.61 Å². The lowest BCUT2D eigenvalue weighted by Crippen LogP contribution is -2.18. The van der Waals surface area contributed by atoms with E-state index in [1.54, 1.807) is 0 Å². The summed E-state index contributed by atoms with van der Waals surface area (Å²) >= 11 is 5.46. The number of carbonyl (C=O) groups is 1. The molecular formula is C7H8ClN3O2. The maximum Gasteiger partial charge on any atom is 0.407 e. The zero-order chi connectivity index (χ0) is 9.68. The van der Waals surface area contributed by atoms with Gasteiger partial charge in [-0.15, -0.1) is 0 Å². The van der Waals surface area contributed by atoms with Crippen LogP contribution >= 0.6 is 11.6 Å². The lowest BCUT2D eigenvalue weighted by atomic mass is 10.4. The molecule has 1 heterocycles. The van der Waals surface area contributed by atoms with Gasteiger partial charge in [0.25, 0.3) is 0 Å². The highest BCUT2D eigenvalue weighted by Gasteiger charge is 1.99. The largest absolute Gasteiger partial charge is 0.445 e. The first kappa shape index (κ1) is 9.73. The molecule has 0 aliphatic carbocycles. The summed E-state index contributed by atoms with van der Waals surface area (Å²) in [5, 5.41) is 2.49. The average Bonchev–Trinajstić information content (AvgIpc) is 2.16. The van der Waals surface area contributed by atoms with Crippen LogP contribution in [0.2, 0.25) is 5.28 Å². The molecule has 0 aromatic carbocycles. The lowest BCUT2D eigenvalue weighted by Gasteiger charge is -2.02. The number of hydrogen-bond donors (Lipinski definition) is 1. The topological polar surface area (TPSA) is 64.1 Å². The molecule has 0 bridgehead atoms. The molecule has 5 nitrogen and oxygen atoms in total. The molecule has 1 amide bonds. The van der Waals surface area contributed by atoms with E-state index in [1.807, 2.05) is 0 Å². The van der Waals surface area contributed by atoms with Gasteiger partial charge in [-0.05, 0) is 11.6 Å². The Bertz CT molecular complexity index is 288. The third-order valence-electron chi connectivity index (χ3n) is 1.25. The first-order valence-corrected chi connectivity index (χ1v) is 3.91. The third-order valence-corrected chi connectivity index (χ3v) is 1.44. The van der Waals surface area contributed by atoms with Crippen molar-refractivity contribution in [3.8, 4) is 0 Å². The van der Waals surface area contributed by atoms with Crippen molar-refractivity contribution in [2.45, 2.75) is 6.61 Å². The Labute approximate surface area is 80.1 Å². The van der Waals surface area contributed by atoms with Crippen molar-refractivity contribution in [2.24, 2.45) is 0 Å². The van der Waals surface area contributed by atoms with Crippen LogP contribution in [-0.2, 0) is 11.3 Å². The Morgan fingerprint density at radius 3 is 2.77 bits per heavy atom. The molecule has 0 fully saturated rings. The summed E-state index contributed by atoms with van der Waals surface area (Å²) in [6.45, 7) is 0.136. The van der Waals surface area contributed by atoms with E-state index < -0.39 is 6.09 Å². The van der Waals surface area contributed by atoms with E-state index in [-0.39, 0.29) is 11.9 Å². The molecule has 0 unspecified atom stereocenters. The van der Waals surface area contributed by atoms with Crippen LogP contribution in [0.5, 0.6) is 0 Å². The second kappa shape index (κ2) is 4.61. The van der Waals surface area contributed by atoms with Crippen molar-refractivity contribution >= 4 is 17.7 Å². The van der Waals surface area contributed by atoms with Crippen molar-refractivity contribution in [3.63, 3.8) is 0 Å². The number of aromatic nitrogens is 2. The van der Waals surface area contributed by atoms with Crippen LogP contribution in [-0.4, -0.2) is 23.1 Å². The fraction of sp³-hybridized carbons (Fsp3) is 0.286. The van der Waals surface area contributed by atoms with Crippen molar-refractivity contribution in [1.82, 2.24) is 15.3 Å². The lowest BCUT2D eigenvalue weighted by molar-refractivity contribution is 0.141. The zero-order valence-corrected chi connectivity index (χ0v) is 7.71. The van der Waals surface area contributed by atoms with E-state index in [4.69, 9.17) is 16.3 Å². The van der Waals surface area contributed by atoms with Gasteiger partial charge < -0.3 is 10.1 Å². The van der Waals surface area contributed by atoms with Gasteiger partial charge in [-0.25, -0.2) is 14.8 Å². The van der Waals surface area contributed by atoms with Gasteiger partial charge in [0.2, 0.25) is 5.28 Å². The highest BCUT2D eigenvalue weighted by molar-refractivity contribution is 6.28. The predicted molar refractivity (Wildman–Crippen MR) is 46.3 cm³/mol. The van der Waals surface area contributed by atoms with E-state index >= 15 is 0 Å². The average molecular weight is 202 g/mol. The van der Waals surface area contributed by atoms with Gasteiger partial charge >= 0.3 is 6.09 Å². The number of alkyl carbamates (subject to hydrolysis) is 1. The molecule has 70 valence electrons. The van der Waals surface area contributed by atoms with Gasteiger partial charge in [0.05, 0.1) is 0 Å². The normalized spacial score (nSPS) is 9.38. The van der Waals surface area contributed by atoms with Gasteiger partial charge in [-0.2, -0.15) is 0 Å². The minimum atomic E-state index is -0.491. The van der Waals surface area contributed by atoms with Crippen molar-refractivity contribution in [1.29, 1.82) is 0 Å². The van der Waals surface area contributed by atoms with Crippen LogP contribution < -0.4 is 5.32 Å². The van der Waals surface area contributed by atoms with E-state index in [0.29, 0.717) is 5.56 Å². The minimum Gasteiger partial charge on any atom is -0.445 e. The van der Waals surface area contributed by atoms with Crippen LogP contribution in [0.3, 0.4) is 0 Å². The SMILES string of the molecule is CNC(=O)OCc1cnc(Cl)nc1. The monoisotopic (exact) mass is 201 g/mol. The fourth-order valence-electron chi connectivity index (χ4n) is 0.635.